The van der Waals surface area contributed by atoms with Gasteiger partial charge in [-0.05, 0) is 50.1 Å². The Labute approximate surface area is 142 Å². The van der Waals surface area contributed by atoms with Gasteiger partial charge in [0.05, 0.1) is 17.6 Å². The Kier molecular flexibility index (Phi) is 5.28. The summed E-state index contributed by atoms with van der Waals surface area (Å²) in [7, 11) is -1.84. The number of carbonyl (C=O) groups is 1. The molecule has 0 unspecified atom stereocenters. The summed E-state index contributed by atoms with van der Waals surface area (Å²) in [5.41, 5.74) is 4.06. The Morgan fingerprint density at radius 1 is 1.25 bits per heavy atom. The predicted molar refractivity (Wildman–Crippen MR) is 93.8 cm³/mol. The fourth-order valence-electron chi connectivity index (χ4n) is 2.36. The van der Waals surface area contributed by atoms with Crippen molar-refractivity contribution in [2.45, 2.75) is 20.3 Å². The van der Waals surface area contributed by atoms with Gasteiger partial charge in [0.1, 0.15) is 0 Å². The second-order valence-electron chi connectivity index (χ2n) is 5.70. The molecule has 2 N–H and O–H groups in total. The van der Waals surface area contributed by atoms with Gasteiger partial charge < -0.3 is 5.32 Å². The fraction of sp³-hybridized carbons (Fsp3) is 0.375. The smallest absolute Gasteiger partial charge is 0.251 e. The number of nitrogens with zero attached hydrogens (tertiary/aromatic N) is 2. The summed E-state index contributed by atoms with van der Waals surface area (Å²) in [6.45, 7) is 4.39. The molecule has 0 atom stereocenters. The molecule has 0 aliphatic carbocycles. The number of carbonyl (C=O) groups excluding carboxylic acids is 1. The molecule has 7 nitrogen and oxygen atoms in total. The number of hydrogen-bond acceptors (Lipinski definition) is 4. The molecule has 0 aliphatic rings. The van der Waals surface area contributed by atoms with Crippen LogP contribution in [0, 0.1) is 13.8 Å². The van der Waals surface area contributed by atoms with Gasteiger partial charge in [-0.25, -0.2) is 8.42 Å². The number of nitrogens with one attached hydrogen (secondary N) is 2. The van der Waals surface area contributed by atoms with E-state index in [1.165, 1.54) is 11.4 Å². The first kappa shape index (κ1) is 18.0. The van der Waals surface area contributed by atoms with Crippen LogP contribution in [0.15, 0.2) is 24.3 Å². The third-order valence-corrected chi connectivity index (χ3v) is 5.14. The first-order valence-electron chi connectivity index (χ1n) is 7.52. The quantitative estimate of drug-likeness (QED) is 0.823. The molecule has 2 rings (SSSR count). The Bertz CT molecular complexity index is 806. The molecule has 1 aromatic heterocycles. The zero-order valence-electron chi connectivity index (χ0n) is 14.3. The highest BCUT2D eigenvalue weighted by molar-refractivity contribution is 7.92. The van der Waals surface area contributed by atoms with Gasteiger partial charge in [-0.3, -0.25) is 14.2 Å². The number of amides is 1. The molecule has 0 fully saturated rings. The van der Waals surface area contributed by atoms with Crippen LogP contribution in [0.4, 0.5) is 5.69 Å². The first-order chi connectivity index (χ1) is 11.2. The Morgan fingerprint density at radius 3 is 2.38 bits per heavy atom. The summed E-state index contributed by atoms with van der Waals surface area (Å²) in [4.78, 5) is 12.2. The van der Waals surface area contributed by atoms with E-state index in [2.05, 4.69) is 15.5 Å². The molecule has 1 aromatic carbocycles. The van der Waals surface area contributed by atoms with Crippen LogP contribution in [-0.4, -0.2) is 44.4 Å². The van der Waals surface area contributed by atoms with Crippen LogP contribution < -0.4 is 9.62 Å². The van der Waals surface area contributed by atoms with Gasteiger partial charge in [0.25, 0.3) is 5.91 Å². The van der Waals surface area contributed by atoms with Crippen LogP contribution in [0.5, 0.6) is 0 Å². The van der Waals surface area contributed by atoms with E-state index >= 15 is 0 Å². The van der Waals surface area contributed by atoms with Gasteiger partial charge in [-0.1, -0.05) is 0 Å². The lowest BCUT2D eigenvalue weighted by Gasteiger charge is -2.16. The lowest BCUT2D eigenvalue weighted by atomic mass is 10.1. The molecule has 0 spiro atoms. The number of rotatable bonds is 6. The number of aromatic amines is 1. The van der Waals surface area contributed by atoms with Crippen molar-refractivity contribution in [3.63, 3.8) is 0 Å². The number of sulfonamides is 1. The van der Waals surface area contributed by atoms with Crippen LogP contribution in [0.1, 0.15) is 27.3 Å². The number of aryl methyl sites for hydroxylation is 2. The average Bonchev–Trinajstić information content (AvgIpc) is 2.85. The van der Waals surface area contributed by atoms with Gasteiger partial charge in [0.2, 0.25) is 10.0 Å². The van der Waals surface area contributed by atoms with E-state index < -0.39 is 10.0 Å². The third-order valence-electron chi connectivity index (χ3n) is 3.93. The van der Waals surface area contributed by atoms with Crippen molar-refractivity contribution in [1.29, 1.82) is 0 Å². The van der Waals surface area contributed by atoms with Crippen molar-refractivity contribution in [3.05, 3.63) is 46.8 Å². The van der Waals surface area contributed by atoms with Gasteiger partial charge in [0, 0.05) is 24.8 Å². The van der Waals surface area contributed by atoms with Crippen molar-refractivity contribution in [2.75, 3.05) is 24.2 Å². The number of aromatic nitrogens is 2. The minimum atomic E-state index is -3.31. The monoisotopic (exact) mass is 350 g/mol. The molecule has 0 bridgehead atoms. The van der Waals surface area contributed by atoms with Crippen molar-refractivity contribution in [2.24, 2.45) is 0 Å². The number of anilines is 1. The first-order valence-corrected chi connectivity index (χ1v) is 9.37. The summed E-state index contributed by atoms with van der Waals surface area (Å²) in [6.07, 6.45) is 1.84. The minimum absolute atomic E-state index is 0.192. The molecule has 24 heavy (non-hydrogen) atoms. The van der Waals surface area contributed by atoms with Crippen molar-refractivity contribution in [3.8, 4) is 0 Å². The highest BCUT2D eigenvalue weighted by Gasteiger charge is 2.13. The second-order valence-corrected chi connectivity index (χ2v) is 7.71. The Balaban J connectivity index is 1.96. The van der Waals surface area contributed by atoms with E-state index in [1.54, 1.807) is 24.3 Å². The normalized spacial score (nSPS) is 11.3. The predicted octanol–water partition coefficient (Wildman–Crippen LogP) is 1.39. The van der Waals surface area contributed by atoms with Crippen LogP contribution in [0.2, 0.25) is 0 Å². The van der Waals surface area contributed by atoms with E-state index in [1.807, 2.05) is 13.8 Å². The SMILES string of the molecule is Cc1n[nH]c(C)c1CCNC(=O)c1ccc(N(C)S(C)(=O)=O)cc1. The molecule has 130 valence electrons. The standard InChI is InChI=1S/C16H22N4O3S/c1-11-15(12(2)19-18-11)9-10-17-16(21)13-5-7-14(8-6-13)20(3)24(4,22)23/h5-8H,9-10H2,1-4H3,(H,17,21)(H,18,19). The third kappa shape index (κ3) is 4.14. The largest absolute Gasteiger partial charge is 0.352 e. The van der Waals surface area contributed by atoms with E-state index in [-0.39, 0.29) is 5.91 Å². The maximum Gasteiger partial charge on any atom is 0.251 e. The Hall–Kier alpha value is -2.35. The summed E-state index contributed by atoms with van der Waals surface area (Å²) in [6, 6.07) is 6.45. The second kappa shape index (κ2) is 7.04. The molecule has 0 saturated carbocycles. The van der Waals surface area contributed by atoms with Crippen molar-refractivity contribution >= 4 is 21.6 Å². The van der Waals surface area contributed by atoms with E-state index in [4.69, 9.17) is 0 Å². The molecule has 0 saturated heterocycles. The highest BCUT2D eigenvalue weighted by Crippen LogP contribution is 2.16. The molecule has 8 heteroatoms. The molecule has 0 aliphatic heterocycles. The summed E-state index contributed by atoms with van der Waals surface area (Å²) in [5, 5.41) is 9.90. The van der Waals surface area contributed by atoms with Gasteiger partial charge >= 0.3 is 0 Å². The highest BCUT2D eigenvalue weighted by atomic mass is 32.2. The number of H-pyrrole nitrogens is 1. The summed E-state index contributed by atoms with van der Waals surface area (Å²) < 4.78 is 24.2. The number of benzene rings is 1. The van der Waals surface area contributed by atoms with Crippen molar-refractivity contribution < 1.29 is 13.2 Å². The van der Waals surface area contributed by atoms with Crippen LogP contribution >= 0.6 is 0 Å². The molecular weight excluding hydrogens is 328 g/mol. The zero-order chi connectivity index (χ0) is 17.9. The maximum atomic E-state index is 12.2. The van der Waals surface area contributed by atoms with Crippen LogP contribution in [0.3, 0.4) is 0 Å². The zero-order valence-corrected chi connectivity index (χ0v) is 15.1. The van der Waals surface area contributed by atoms with Gasteiger partial charge in [-0.15, -0.1) is 0 Å². The van der Waals surface area contributed by atoms with E-state index in [9.17, 15) is 13.2 Å². The van der Waals surface area contributed by atoms with E-state index in [0.29, 0.717) is 24.2 Å². The summed E-state index contributed by atoms with van der Waals surface area (Å²) >= 11 is 0. The van der Waals surface area contributed by atoms with E-state index in [0.717, 1.165) is 23.2 Å². The van der Waals surface area contributed by atoms with Gasteiger partial charge in [0.15, 0.2) is 0 Å². The lowest BCUT2D eigenvalue weighted by Crippen LogP contribution is -2.27. The lowest BCUT2D eigenvalue weighted by molar-refractivity contribution is 0.0954. The molecule has 0 radical (unpaired) electrons. The fourth-order valence-corrected chi connectivity index (χ4v) is 2.86. The maximum absolute atomic E-state index is 12.2. The topological polar surface area (TPSA) is 95.2 Å². The molecule has 2 aromatic rings. The van der Waals surface area contributed by atoms with Crippen LogP contribution in [-0.2, 0) is 16.4 Å². The molecule has 1 heterocycles. The average molecular weight is 350 g/mol. The number of hydrogen-bond donors (Lipinski definition) is 2. The molecule has 1 amide bonds. The van der Waals surface area contributed by atoms with Crippen LogP contribution in [0.25, 0.3) is 0 Å². The van der Waals surface area contributed by atoms with Gasteiger partial charge in [-0.2, -0.15) is 5.10 Å². The summed E-state index contributed by atoms with van der Waals surface area (Å²) in [5.74, 6) is -0.192. The van der Waals surface area contributed by atoms with Crippen molar-refractivity contribution in [1.82, 2.24) is 15.5 Å². The molecular formula is C16H22N4O3S. The Morgan fingerprint density at radius 2 is 1.88 bits per heavy atom. The minimum Gasteiger partial charge on any atom is -0.352 e.